The topological polar surface area (TPSA) is 102 Å². The smallest absolute Gasteiger partial charge is 0.340 e. The Morgan fingerprint density at radius 1 is 1.18 bits per heavy atom. The molecule has 0 heterocycles. The lowest BCUT2D eigenvalue weighted by atomic mass is 10.2. The number of benzene rings is 2. The van der Waals surface area contributed by atoms with Crippen LogP contribution >= 0.6 is 27.5 Å². The third-order valence-corrected chi connectivity index (χ3v) is 5.52. The van der Waals surface area contributed by atoms with E-state index in [-0.39, 0.29) is 22.0 Å². The van der Waals surface area contributed by atoms with Gasteiger partial charge in [-0.3, -0.25) is 9.52 Å². The van der Waals surface area contributed by atoms with Crippen molar-refractivity contribution in [3.8, 4) is 12.3 Å². The van der Waals surface area contributed by atoms with Gasteiger partial charge in [0.2, 0.25) is 0 Å². The van der Waals surface area contributed by atoms with Crippen LogP contribution in [0.4, 0.5) is 5.69 Å². The molecular formula is C18H14BrClN2O5S. The van der Waals surface area contributed by atoms with E-state index in [0.29, 0.717) is 5.69 Å². The van der Waals surface area contributed by atoms with Crippen LogP contribution in [0.3, 0.4) is 0 Å². The number of amides is 1. The Labute approximate surface area is 175 Å². The molecule has 0 spiro atoms. The van der Waals surface area contributed by atoms with Crippen molar-refractivity contribution in [2.75, 3.05) is 17.9 Å². The summed E-state index contributed by atoms with van der Waals surface area (Å²) in [6, 6.07) is 10.1. The zero-order chi connectivity index (χ0) is 20.7. The third kappa shape index (κ3) is 5.99. The van der Waals surface area contributed by atoms with Crippen molar-refractivity contribution in [3.05, 3.63) is 57.5 Å². The van der Waals surface area contributed by atoms with E-state index in [1.54, 1.807) is 24.3 Å². The van der Waals surface area contributed by atoms with Gasteiger partial charge in [-0.2, -0.15) is 0 Å². The number of sulfonamides is 1. The Kier molecular flexibility index (Phi) is 7.45. The fraction of sp³-hybridized carbons (Fsp3) is 0.111. The molecule has 0 unspecified atom stereocenters. The lowest BCUT2D eigenvalue weighted by molar-refractivity contribution is -0.123. The van der Waals surface area contributed by atoms with Gasteiger partial charge in [0.15, 0.2) is 6.61 Å². The summed E-state index contributed by atoms with van der Waals surface area (Å²) in [4.78, 5) is 23.4. The van der Waals surface area contributed by atoms with Crippen molar-refractivity contribution in [2.45, 2.75) is 4.90 Å². The van der Waals surface area contributed by atoms with E-state index < -0.39 is 28.5 Å². The second-order valence-electron chi connectivity index (χ2n) is 5.31. The average molecular weight is 486 g/mol. The fourth-order valence-electron chi connectivity index (χ4n) is 1.97. The average Bonchev–Trinajstić information content (AvgIpc) is 2.66. The Morgan fingerprint density at radius 3 is 2.50 bits per heavy atom. The van der Waals surface area contributed by atoms with Gasteiger partial charge in [-0.1, -0.05) is 33.5 Å². The van der Waals surface area contributed by atoms with Crippen LogP contribution in [0.25, 0.3) is 0 Å². The van der Waals surface area contributed by atoms with Crippen LogP contribution in [-0.2, 0) is 19.6 Å². The molecule has 0 bridgehead atoms. The number of nitrogens with one attached hydrogen (secondary N) is 2. The summed E-state index contributed by atoms with van der Waals surface area (Å²) in [5, 5.41) is 2.31. The molecule has 28 heavy (non-hydrogen) atoms. The van der Waals surface area contributed by atoms with E-state index in [0.717, 1.165) is 10.5 Å². The molecule has 0 saturated heterocycles. The van der Waals surface area contributed by atoms with E-state index in [9.17, 15) is 18.0 Å². The maximum atomic E-state index is 12.6. The molecule has 2 N–H and O–H groups in total. The molecular weight excluding hydrogens is 472 g/mol. The summed E-state index contributed by atoms with van der Waals surface area (Å²) in [7, 11) is -3.98. The first-order valence-electron chi connectivity index (χ1n) is 7.68. The first-order valence-corrected chi connectivity index (χ1v) is 10.3. The van der Waals surface area contributed by atoms with Crippen LogP contribution in [0.2, 0.25) is 5.02 Å². The molecule has 0 aliphatic heterocycles. The number of terminal acetylenes is 1. The summed E-state index contributed by atoms with van der Waals surface area (Å²) < 4.78 is 33.1. The van der Waals surface area contributed by atoms with E-state index in [2.05, 4.69) is 31.9 Å². The molecule has 2 aromatic rings. The zero-order valence-electron chi connectivity index (χ0n) is 14.2. The van der Waals surface area contributed by atoms with Gasteiger partial charge < -0.3 is 10.1 Å². The first kappa shape index (κ1) is 21.8. The highest BCUT2D eigenvalue weighted by molar-refractivity contribution is 9.10. The van der Waals surface area contributed by atoms with Gasteiger partial charge in [-0.25, -0.2) is 13.2 Å². The van der Waals surface area contributed by atoms with E-state index >= 15 is 0 Å². The van der Waals surface area contributed by atoms with Crippen molar-refractivity contribution in [3.63, 3.8) is 0 Å². The lowest BCUT2D eigenvalue weighted by Gasteiger charge is -2.11. The lowest BCUT2D eigenvalue weighted by Crippen LogP contribution is -2.29. The van der Waals surface area contributed by atoms with E-state index in [1.807, 2.05) is 0 Å². The number of hydrogen-bond donors (Lipinski definition) is 2. The minimum Gasteiger partial charge on any atom is -0.452 e. The molecule has 0 aliphatic carbocycles. The highest BCUT2D eigenvalue weighted by Crippen LogP contribution is 2.24. The molecule has 0 atom stereocenters. The maximum absolute atomic E-state index is 12.6. The standard InChI is InChI=1S/C18H14BrClN2O5S/c1-2-9-21-17(23)11-27-18(24)15-10-14(7-8-16(15)20)28(25,26)22-13-5-3-12(19)4-6-13/h1,3-8,10,22H,9,11H2,(H,21,23). The highest BCUT2D eigenvalue weighted by atomic mass is 79.9. The van der Waals surface area contributed by atoms with Gasteiger partial charge in [0.1, 0.15) is 0 Å². The number of esters is 1. The van der Waals surface area contributed by atoms with Crippen molar-refractivity contribution < 1.29 is 22.7 Å². The summed E-state index contributed by atoms with van der Waals surface area (Å²) in [6.07, 6.45) is 5.01. The van der Waals surface area contributed by atoms with Crippen LogP contribution in [0.5, 0.6) is 0 Å². The SMILES string of the molecule is C#CCNC(=O)COC(=O)c1cc(S(=O)(=O)Nc2ccc(Br)cc2)ccc1Cl. The van der Waals surface area contributed by atoms with Gasteiger partial charge >= 0.3 is 5.97 Å². The predicted octanol–water partition coefficient (Wildman–Crippen LogP) is 2.81. The van der Waals surface area contributed by atoms with Gasteiger partial charge in [0, 0.05) is 10.2 Å². The Hall–Kier alpha value is -2.54. The number of carbonyl (C=O) groups is 2. The number of halogens is 2. The van der Waals surface area contributed by atoms with Crippen LogP contribution < -0.4 is 10.0 Å². The third-order valence-electron chi connectivity index (χ3n) is 3.29. The van der Waals surface area contributed by atoms with Crippen molar-refractivity contribution >= 4 is 55.1 Å². The summed E-state index contributed by atoms with van der Waals surface area (Å²) >= 11 is 9.23. The number of rotatable bonds is 7. The number of ether oxygens (including phenoxy) is 1. The summed E-state index contributed by atoms with van der Waals surface area (Å²) in [5.74, 6) is 0.667. The minimum absolute atomic E-state index is 0.00735. The normalized spacial score (nSPS) is 10.6. The van der Waals surface area contributed by atoms with Gasteiger partial charge in [-0.15, -0.1) is 6.42 Å². The number of carbonyl (C=O) groups excluding carboxylic acids is 2. The number of anilines is 1. The summed E-state index contributed by atoms with van der Waals surface area (Å²) in [6.45, 7) is -0.586. The van der Waals surface area contributed by atoms with Crippen molar-refractivity contribution in [2.24, 2.45) is 0 Å². The summed E-state index contributed by atoms with van der Waals surface area (Å²) in [5.41, 5.74) is 0.151. The molecule has 7 nitrogen and oxygen atoms in total. The van der Waals surface area contributed by atoms with Gasteiger partial charge in [0.25, 0.3) is 15.9 Å². The van der Waals surface area contributed by atoms with Crippen LogP contribution in [0.1, 0.15) is 10.4 Å². The Morgan fingerprint density at radius 2 is 1.86 bits per heavy atom. The molecule has 1 amide bonds. The quantitative estimate of drug-likeness (QED) is 0.464. The van der Waals surface area contributed by atoms with E-state index in [4.69, 9.17) is 22.8 Å². The first-order chi connectivity index (χ1) is 13.2. The molecule has 0 aromatic heterocycles. The van der Waals surface area contributed by atoms with Crippen LogP contribution in [0, 0.1) is 12.3 Å². The van der Waals surface area contributed by atoms with Crippen LogP contribution in [0.15, 0.2) is 51.8 Å². The van der Waals surface area contributed by atoms with Crippen LogP contribution in [-0.4, -0.2) is 33.4 Å². The monoisotopic (exact) mass is 484 g/mol. The molecule has 10 heteroatoms. The predicted molar refractivity (Wildman–Crippen MR) is 109 cm³/mol. The molecule has 2 rings (SSSR count). The molecule has 0 saturated carbocycles. The van der Waals surface area contributed by atoms with Gasteiger partial charge in [0.05, 0.1) is 22.0 Å². The van der Waals surface area contributed by atoms with Gasteiger partial charge in [-0.05, 0) is 42.5 Å². The molecule has 2 aromatic carbocycles. The Bertz CT molecular complexity index is 1030. The zero-order valence-corrected chi connectivity index (χ0v) is 17.4. The van der Waals surface area contributed by atoms with Crippen molar-refractivity contribution in [1.82, 2.24) is 5.32 Å². The molecule has 0 radical (unpaired) electrons. The fourth-order valence-corrected chi connectivity index (χ4v) is 3.51. The molecule has 146 valence electrons. The van der Waals surface area contributed by atoms with Crippen molar-refractivity contribution in [1.29, 1.82) is 0 Å². The second-order valence-corrected chi connectivity index (χ2v) is 8.32. The maximum Gasteiger partial charge on any atom is 0.340 e. The molecule has 0 fully saturated rings. The second kappa shape index (κ2) is 9.59. The number of hydrogen-bond acceptors (Lipinski definition) is 5. The molecule has 0 aliphatic rings. The highest BCUT2D eigenvalue weighted by Gasteiger charge is 2.20. The van der Waals surface area contributed by atoms with E-state index in [1.165, 1.54) is 12.1 Å². The minimum atomic E-state index is -3.98. The Balaban J connectivity index is 2.17. The largest absolute Gasteiger partial charge is 0.452 e.